The van der Waals surface area contributed by atoms with Crippen LogP contribution < -0.4 is 0 Å². The molecule has 0 aliphatic carbocycles. The molecule has 0 heterocycles. The molecule has 0 nitrogen and oxygen atoms in total. The van der Waals surface area contributed by atoms with Gasteiger partial charge in [-0.05, 0) is 5.56 Å². The van der Waals surface area contributed by atoms with Crippen molar-refractivity contribution in [2.75, 3.05) is 0 Å². The van der Waals surface area contributed by atoms with Crippen LogP contribution in [0.1, 0.15) is 10.9 Å². The molecule has 0 saturated heterocycles. The van der Waals surface area contributed by atoms with E-state index in [1.165, 1.54) is 0 Å². The van der Waals surface area contributed by atoms with Crippen molar-refractivity contribution < 1.29 is 0 Å². The second kappa shape index (κ2) is 5.11. The fraction of sp³-hybridized carbons (Fsp3) is 0.111. The van der Waals surface area contributed by atoms with E-state index in [9.17, 15) is 0 Å². The zero-order valence-electron chi connectivity index (χ0n) is 6.48. The maximum Gasteiger partial charge on any atom is 0.123 e. The summed E-state index contributed by atoms with van der Waals surface area (Å²) in [7, 11) is 0. The summed E-state index contributed by atoms with van der Waals surface area (Å²) in [4.78, 5) is 0. The maximum absolute atomic E-state index is 5.99. The molecule has 1 aromatic carbocycles. The van der Waals surface area contributed by atoms with Gasteiger partial charge in [0.05, 0.1) is 10.4 Å². The van der Waals surface area contributed by atoms with Gasteiger partial charge in [0.15, 0.2) is 0 Å². The van der Waals surface area contributed by atoms with Crippen LogP contribution in [0.15, 0.2) is 39.9 Å². The molecule has 0 aliphatic rings. The summed E-state index contributed by atoms with van der Waals surface area (Å²) in [5.74, 6) is 0. The minimum atomic E-state index is -0.479. The topological polar surface area (TPSA) is 0 Å². The molecule has 1 rings (SSSR count). The van der Waals surface area contributed by atoms with E-state index in [1.54, 1.807) is 0 Å². The lowest BCUT2D eigenvalue weighted by molar-refractivity contribution is 1.19. The van der Waals surface area contributed by atoms with Gasteiger partial charge in [0, 0.05) is 0 Å². The molecule has 0 fully saturated rings. The lowest BCUT2D eigenvalue weighted by atomic mass is 10.1. The van der Waals surface area contributed by atoms with Gasteiger partial charge in [0.1, 0.15) is 4.49 Å². The molecule has 13 heavy (non-hydrogen) atoms. The van der Waals surface area contributed by atoms with Gasteiger partial charge in [-0.25, -0.2) is 0 Å². The Balaban J connectivity index is 2.93. The maximum atomic E-state index is 5.99. The Kier molecular flexibility index (Phi) is 4.40. The molecule has 0 unspecified atom stereocenters. The Morgan fingerprint density at radius 2 is 1.54 bits per heavy atom. The molecular weight excluding hydrogens is 250 g/mol. The third-order valence-corrected chi connectivity index (χ3v) is 3.09. The number of allylic oxidation sites excluding steroid dienone is 1. The van der Waals surface area contributed by atoms with Gasteiger partial charge < -0.3 is 0 Å². The number of hydrogen-bond donors (Lipinski definition) is 0. The van der Waals surface area contributed by atoms with E-state index >= 15 is 0 Å². The van der Waals surface area contributed by atoms with Crippen molar-refractivity contribution >= 4 is 46.4 Å². The van der Waals surface area contributed by atoms with E-state index in [-0.39, 0.29) is 9.52 Å². The van der Waals surface area contributed by atoms with Gasteiger partial charge in [-0.3, -0.25) is 0 Å². The quantitative estimate of drug-likeness (QED) is 0.663. The molecule has 0 saturated carbocycles. The summed E-state index contributed by atoms with van der Waals surface area (Å²) in [6.45, 7) is 0. The highest BCUT2D eigenvalue weighted by Gasteiger charge is 2.13. The molecule has 0 spiro atoms. The first kappa shape index (κ1) is 11.2. The summed E-state index contributed by atoms with van der Waals surface area (Å²) in [6, 6.07) is 9.36. The average Bonchev–Trinajstić information content (AvgIpc) is 2.17. The van der Waals surface area contributed by atoms with Crippen LogP contribution in [-0.2, 0) is 0 Å². The predicted molar refractivity (Wildman–Crippen MR) is 59.6 cm³/mol. The third kappa shape index (κ3) is 3.07. The van der Waals surface area contributed by atoms with Crippen LogP contribution in [0.3, 0.4) is 0 Å². The Hall–Kier alpha value is 0.120. The Labute approximate surface area is 97.0 Å². The monoisotopic (exact) mass is 254 g/mol. The number of alkyl halides is 1. The molecule has 1 aromatic rings. The van der Waals surface area contributed by atoms with Crippen molar-refractivity contribution in [3.63, 3.8) is 0 Å². The highest BCUT2D eigenvalue weighted by atomic mass is 35.5. The average molecular weight is 256 g/mol. The van der Waals surface area contributed by atoms with E-state index in [4.69, 9.17) is 46.4 Å². The largest absolute Gasteiger partial charge is 0.123 e. The van der Waals surface area contributed by atoms with Crippen LogP contribution in [0.25, 0.3) is 0 Å². The van der Waals surface area contributed by atoms with Crippen molar-refractivity contribution in [2.45, 2.75) is 5.38 Å². The molecule has 70 valence electrons. The van der Waals surface area contributed by atoms with Crippen molar-refractivity contribution in [3.8, 4) is 0 Å². The van der Waals surface area contributed by atoms with Crippen molar-refractivity contribution in [1.29, 1.82) is 0 Å². The summed E-state index contributed by atoms with van der Waals surface area (Å²) in [5.41, 5.74) is 0.868. The van der Waals surface area contributed by atoms with E-state index in [2.05, 4.69) is 0 Å². The van der Waals surface area contributed by atoms with E-state index < -0.39 is 5.38 Å². The molecule has 1 atom stereocenters. The first-order valence-corrected chi connectivity index (χ1v) is 5.09. The summed E-state index contributed by atoms with van der Waals surface area (Å²) >= 11 is 22.8. The molecule has 0 radical (unpaired) electrons. The zero-order valence-corrected chi connectivity index (χ0v) is 9.50. The minimum absolute atomic E-state index is 0.00511. The van der Waals surface area contributed by atoms with Crippen LogP contribution in [0.4, 0.5) is 0 Å². The summed E-state index contributed by atoms with van der Waals surface area (Å²) < 4.78 is 0.00511. The van der Waals surface area contributed by atoms with Crippen molar-refractivity contribution in [2.24, 2.45) is 0 Å². The second-order valence-corrected chi connectivity index (χ2v) is 4.17. The smallest absolute Gasteiger partial charge is 0.112 e. The molecule has 4 heteroatoms. The first-order chi connectivity index (χ1) is 6.13. The Morgan fingerprint density at radius 3 is 2.00 bits per heavy atom. The minimum Gasteiger partial charge on any atom is -0.112 e. The van der Waals surface area contributed by atoms with Crippen LogP contribution in [0.5, 0.6) is 0 Å². The fourth-order valence-corrected chi connectivity index (χ4v) is 1.57. The number of benzene rings is 1. The fourth-order valence-electron chi connectivity index (χ4n) is 0.864. The lowest BCUT2D eigenvalue weighted by Crippen LogP contribution is -1.89. The molecule has 0 aromatic heterocycles. The van der Waals surface area contributed by atoms with E-state index in [1.807, 2.05) is 30.3 Å². The summed E-state index contributed by atoms with van der Waals surface area (Å²) in [6.07, 6.45) is 0. The highest BCUT2D eigenvalue weighted by molar-refractivity contribution is 6.60. The number of hydrogen-bond acceptors (Lipinski definition) is 0. The molecule has 0 bridgehead atoms. The zero-order chi connectivity index (χ0) is 9.84. The van der Waals surface area contributed by atoms with Gasteiger partial charge in [-0.15, -0.1) is 11.6 Å². The van der Waals surface area contributed by atoms with Gasteiger partial charge in [-0.1, -0.05) is 65.1 Å². The highest BCUT2D eigenvalue weighted by Crippen LogP contribution is 2.35. The van der Waals surface area contributed by atoms with E-state index in [0.29, 0.717) is 0 Å². The summed E-state index contributed by atoms with van der Waals surface area (Å²) in [5, 5.41) is -0.232. The third-order valence-electron chi connectivity index (χ3n) is 1.50. The van der Waals surface area contributed by atoms with Gasteiger partial charge in [-0.2, -0.15) is 0 Å². The molecule has 0 aliphatic heterocycles. The van der Waals surface area contributed by atoms with Crippen LogP contribution in [-0.4, -0.2) is 0 Å². The van der Waals surface area contributed by atoms with Gasteiger partial charge in [0.2, 0.25) is 0 Å². The molecular formula is C9H6Cl4. The van der Waals surface area contributed by atoms with Gasteiger partial charge >= 0.3 is 0 Å². The second-order valence-electron chi connectivity index (χ2n) is 2.38. The Morgan fingerprint density at radius 1 is 1.00 bits per heavy atom. The molecule has 0 N–H and O–H groups in total. The standard InChI is InChI=1S/C9H6Cl4/c10-7(8(11)9(12)13)6-4-2-1-3-5-6/h1-5,7H/t7-/m1/s1. The SMILES string of the molecule is ClC(Cl)=C(Cl)[C@H](Cl)c1ccccc1. The Bertz CT molecular complexity index is 301. The van der Waals surface area contributed by atoms with Crippen LogP contribution >= 0.6 is 46.4 Å². The lowest BCUT2D eigenvalue weighted by Gasteiger charge is -2.07. The van der Waals surface area contributed by atoms with Crippen LogP contribution in [0, 0.1) is 0 Å². The van der Waals surface area contributed by atoms with Gasteiger partial charge in [0.25, 0.3) is 0 Å². The van der Waals surface area contributed by atoms with Crippen molar-refractivity contribution in [3.05, 3.63) is 45.4 Å². The predicted octanol–water partition coefficient (Wildman–Crippen LogP) is 4.85. The number of rotatable bonds is 2. The van der Waals surface area contributed by atoms with E-state index in [0.717, 1.165) is 5.56 Å². The number of halogens is 4. The first-order valence-electron chi connectivity index (χ1n) is 3.52. The molecule has 0 amide bonds. The normalized spacial score (nSPS) is 12.3. The van der Waals surface area contributed by atoms with Crippen molar-refractivity contribution in [1.82, 2.24) is 0 Å². The van der Waals surface area contributed by atoms with Crippen LogP contribution in [0.2, 0.25) is 0 Å².